The van der Waals surface area contributed by atoms with Gasteiger partial charge >= 0.3 is 11.9 Å². The minimum Gasteiger partial charge on any atom is -0.462 e. The molecular formula is C39H70O5. The molecule has 256 valence electrons. The molecule has 0 aliphatic heterocycles. The highest BCUT2D eigenvalue weighted by atomic mass is 16.6. The summed E-state index contributed by atoms with van der Waals surface area (Å²) in [6.07, 6.45) is 42.0. The van der Waals surface area contributed by atoms with E-state index in [0.29, 0.717) is 12.8 Å². The summed E-state index contributed by atoms with van der Waals surface area (Å²) in [5.74, 6) is -0.611. The smallest absolute Gasteiger partial charge is 0.306 e. The van der Waals surface area contributed by atoms with E-state index in [1.165, 1.54) is 96.3 Å². The molecule has 0 aliphatic rings. The molecule has 0 aliphatic carbocycles. The number of esters is 2. The van der Waals surface area contributed by atoms with Gasteiger partial charge in [-0.3, -0.25) is 9.59 Å². The lowest BCUT2D eigenvalue weighted by Gasteiger charge is -2.15. The van der Waals surface area contributed by atoms with Crippen LogP contribution >= 0.6 is 0 Å². The van der Waals surface area contributed by atoms with E-state index >= 15 is 0 Å². The van der Waals surface area contributed by atoms with Crippen LogP contribution in [0.15, 0.2) is 36.5 Å². The van der Waals surface area contributed by atoms with E-state index in [2.05, 4.69) is 50.3 Å². The van der Waals surface area contributed by atoms with Gasteiger partial charge in [-0.15, -0.1) is 0 Å². The Morgan fingerprint density at radius 2 is 0.909 bits per heavy atom. The molecule has 0 fully saturated rings. The summed E-state index contributed by atoms with van der Waals surface area (Å²) in [6, 6.07) is 0. The fourth-order valence-electron chi connectivity index (χ4n) is 5.05. The zero-order chi connectivity index (χ0) is 32.2. The van der Waals surface area contributed by atoms with Crippen molar-refractivity contribution in [2.45, 2.75) is 187 Å². The Morgan fingerprint density at radius 1 is 0.523 bits per heavy atom. The van der Waals surface area contributed by atoms with Gasteiger partial charge in [-0.1, -0.05) is 134 Å². The van der Waals surface area contributed by atoms with Gasteiger partial charge in [-0.05, 0) is 70.6 Å². The van der Waals surface area contributed by atoms with Crippen molar-refractivity contribution in [3.05, 3.63) is 36.5 Å². The summed E-state index contributed by atoms with van der Waals surface area (Å²) in [6.45, 7) is 4.07. The Morgan fingerprint density at radius 3 is 1.41 bits per heavy atom. The van der Waals surface area contributed by atoms with Gasteiger partial charge in [-0.2, -0.15) is 0 Å². The standard InChI is InChI=1S/C39H70O5/c1-3-5-7-9-11-13-15-17-18-19-20-21-22-24-26-28-30-32-34-39(42)44-37(35-40)36-43-38(41)33-31-29-27-25-23-16-14-12-10-8-6-4-2/h12-15,18-19,37,40H,3-11,16-17,20-36H2,1-2H3/b14-12-,15-13-,19-18-. The first-order valence-corrected chi connectivity index (χ1v) is 18.5. The first kappa shape index (κ1) is 42.1. The third-order valence-electron chi connectivity index (χ3n) is 7.91. The van der Waals surface area contributed by atoms with Crippen molar-refractivity contribution in [1.29, 1.82) is 0 Å². The number of hydrogen-bond donors (Lipinski definition) is 1. The van der Waals surface area contributed by atoms with Gasteiger partial charge < -0.3 is 14.6 Å². The molecule has 44 heavy (non-hydrogen) atoms. The van der Waals surface area contributed by atoms with Crippen molar-refractivity contribution in [3.8, 4) is 0 Å². The molecule has 0 aromatic rings. The van der Waals surface area contributed by atoms with Crippen molar-refractivity contribution in [1.82, 2.24) is 0 Å². The summed E-state index contributed by atoms with van der Waals surface area (Å²) in [5, 5.41) is 9.52. The molecule has 0 amide bonds. The van der Waals surface area contributed by atoms with E-state index in [9.17, 15) is 14.7 Å². The lowest BCUT2D eigenvalue weighted by atomic mass is 10.1. The minimum absolute atomic E-state index is 0.0727. The van der Waals surface area contributed by atoms with E-state index < -0.39 is 6.10 Å². The first-order valence-electron chi connectivity index (χ1n) is 18.5. The summed E-state index contributed by atoms with van der Waals surface area (Å²) in [5.41, 5.74) is 0. The predicted molar refractivity (Wildman–Crippen MR) is 187 cm³/mol. The number of aliphatic hydroxyl groups excluding tert-OH is 1. The first-order chi connectivity index (χ1) is 21.6. The van der Waals surface area contributed by atoms with Gasteiger partial charge in [-0.25, -0.2) is 0 Å². The number of allylic oxidation sites excluding steroid dienone is 6. The number of hydrogen-bond acceptors (Lipinski definition) is 5. The molecule has 0 rings (SSSR count). The number of aliphatic hydroxyl groups is 1. The fourth-order valence-corrected chi connectivity index (χ4v) is 5.05. The maximum atomic E-state index is 12.1. The third kappa shape index (κ3) is 33.0. The zero-order valence-electron chi connectivity index (χ0n) is 28.9. The zero-order valence-corrected chi connectivity index (χ0v) is 28.9. The van der Waals surface area contributed by atoms with Crippen LogP contribution in [0.1, 0.15) is 181 Å². The van der Waals surface area contributed by atoms with E-state index in [4.69, 9.17) is 9.47 Å². The summed E-state index contributed by atoms with van der Waals surface area (Å²) < 4.78 is 10.6. The highest BCUT2D eigenvalue weighted by molar-refractivity contribution is 5.70. The average molecular weight is 619 g/mol. The molecule has 0 saturated carbocycles. The molecule has 0 aromatic carbocycles. The van der Waals surface area contributed by atoms with Gasteiger partial charge in [0.2, 0.25) is 0 Å². The molecule has 5 heteroatoms. The molecular weight excluding hydrogens is 548 g/mol. The summed E-state index contributed by atoms with van der Waals surface area (Å²) in [7, 11) is 0. The largest absolute Gasteiger partial charge is 0.462 e. The van der Waals surface area contributed by atoms with Crippen molar-refractivity contribution in [3.63, 3.8) is 0 Å². The van der Waals surface area contributed by atoms with Crippen molar-refractivity contribution in [2.75, 3.05) is 13.2 Å². The second-order valence-corrected chi connectivity index (χ2v) is 12.3. The maximum Gasteiger partial charge on any atom is 0.306 e. The molecule has 0 spiro atoms. The van der Waals surface area contributed by atoms with Gasteiger partial charge in [0.1, 0.15) is 6.61 Å². The molecule has 1 atom stereocenters. The highest BCUT2D eigenvalue weighted by Gasteiger charge is 2.16. The van der Waals surface area contributed by atoms with E-state index in [-0.39, 0.29) is 25.2 Å². The Bertz CT molecular complexity index is 711. The van der Waals surface area contributed by atoms with Crippen LogP contribution in [0.3, 0.4) is 0 Å². The third-order valence-corrected chi connectivity index (χ3v) is 7.91. The van der Waals surface area contributed by atoms with Crippen LogP contribution in [0, 0.1) is 0 Å². The molecule has 0 aromatic heterocycles. The number of unbranched alkanes of at least 4 members (excludes halogenated alkanes) is 19. The fraction of sp³-hybridized carbons (Fsp3) is 0.795. The van der Waals surface area contributed by atoms with E-state index in [0.717, 1.165) is 57.8 Å². The lowest BCUT2D eigenvalue weighted by Crippen LogP contribution is -2.28. The highest BCUT2D eigenvalue weighted by Crippen LogP contribution is 2.12. The molecule has 1 unspecified atom stereocenters. The molecule has 5 nitrogen and oxygen atoms in total. The number of carbonyl (C=O) groups excluding carboxylic acids is 2. The van der Waals surface area contributed by atoms with Crippen LogP contribution in [0.25, 0.3) is 0 Å². The number of ether oxygens (including phenoxy) is 2. The molecule has 1 N–H and O–H groups in total. The maximum absolute atomic E-state index is 12.1. The van der Waals surface area contributed by atoms with Crippen molar-refractivity contribution < 1.29 is 24.2 Å². The second kappa shape index (κ2) is 35.6. The topological polar surface area (TPSA) is 72.8 Å². The molecule has 0 saturated heterocycles. The van der Waals surface area contributed by atoms with E-state index in [1.807, 2.05) is 0 Å². The quantitative estimate of drug-likeness (QED) is 0.0450. The normalized spacial score (nSPS) is 12.5. The lowest BCUT2D eigenvalue weighted by molar-refractivity contribution is -0.161. The van der Waals surface area contributed by atoms with Gasteiger partial charge in [0, 0.05) is 12.8 Å². The Hall–Kier alpha value is -1.88. The van der Waals surface area contributed by atoms with Crippen LogP contribution in [0.4, 0.5) is 0 Å². The van der Waals surface area contributed by atoms with E-state index in [1.54, 1.807) is 0 Å². The summed E-state index contributed by atoms with van der Waals surface area (Å²) >= 11 is 0. The van der Waals surface area contributed by atoms with Crippen LogP contribution in [0.2, 0.25) is 0 Å². The van der Waals surface area contributed by atoms with Crippen LogP contribution in [-0.2, 0) is 19.1 Å². The Kier molecular flexibility index (Phi) is 34.1. The molecule has 0 bridgehead atoms. The van der Waals surface area contributed by atoms with Crippen LogP contribution < -0.4 is 0 Å². The van der Waals surface area contributed by atoms with Gasteiger partial charge in [0.05, 0.1) is 6.61 Å². The monoisotopic (exact) mass is 619 g/mol. The van der Waals surface area contributed by atoms with Crippen molar-refractivity contribution >= 4 is 11.9 Å². The molecule has 0 heterocycles. The van der Waals surface area contributed by atoms with Crippen molar-refractivity contribution in [2.24, 2.45) is 0 Å². The average Bonchev–Trinajstić information content (AvgIpc) is 3.02. The SMILES string of the molecule is CCCCC/C=C\CCCCCCCC(=O)OCC(CO)OC(=O)CCCCCCCCC/C=C\C/C=C\CCCCCC. The number of rotatable bonds is 33. The van der Waals surface area contributed by atoms with Gasteiger partial charge in [0.15, 0.2) is 6.10 Å². The van der Waals surface area contributed by atoms with Gasteiger partial charge in [0.25, 0.3) is 0 Å². The Balaban J connectivity index is 3.59. The molecule has 0 radical (unpaired) electrons. The van der Waals surface area contributed by atoms with Crippen LogP contribution in [-0.4, -0.2) is 36.4 Å². The summed E-state index contributed by atoms with van der Waals surface area (Å²) in [4.78, 5) is 24.2. The van der Waals surface area contributed by atoms with Crippen LogP contribution in [0.5, 0.6) is 0 Å². The second-order valence-electron chi connectivity index (χ2n) is 12.3. The predicted octanol–water partition coefficient (Wildman–Crippen LogP) is 11.3. The number of carbonyl (C=O) groups is 2. The minimum atomic E-state index is -0.776. The Labute approximate surface area is 272 Å².